The van der Waals surface area contributed by atoms with E-state index in [1.54, 1.807) is 0 Å². The highest BCUT2D eigenvalue weighted by Gasteiger charge is 2.88. The Kier molecular flexibility index (Phi) is 0.317. The van der Waals surface area contributed by atoms with Crippen LogP contribution in [0.2, 0.25) is 0 Å². The van der Waals surface area contributed by atoms with Gasteiger partial charge in [-0.25, -0.2) is 0 Å². The molecule has 60 valence electrons. The molecule has 0 amide bonds. The van der Waals surface area contributed by atoms with Gasteiger partial charge >= 0.3 is 2.74 Å². The molecule has 0 spiro atoms. The molecule has 0 aromatic carbocycles. The van der Waals surface area contributed by atoms with Crippen molar-refractivity contribution in [2.24, 2.45) is 53.3 Å². The van der Waals surface area contributed by atoms with Crippen LogP contribution in [0.1, 0.15) is 5.48 Å². The van der Waals surface area contributed by atoms with Crippen molar-refractivity contribution in [3.63, 3.8) is 0 Å². The Morgan fingerprint density at radius 1 is 1.08 bits per heavy atom. The first-order valence-corrected chi connectivity index (χ1v) is 5.12. The molecule has 6 aliphatic rings. The number of hydrogen-bond acceptors (Lipinski definition) is 0. The van der Waals surface area contributed by atoms with Crippen molar-refractivity contribution >= 4 is 0 Å². The molecule has 0 heterocycles. The highest BCUT2D eigenvalue weighted by Crippen LogP contribution is 2.90. The maximum absolute atomic E-state index is 7.61. The van der Waals surface area contributed by atoms with Gasteiger partial charge in [0.2, 0.25) is 0 Å². The maximum Gasteiger partial charge on any atom is 0.321 e. The quantitative estimate of drug-likeness (QED) is 0.407. The number of hydrogen-bond donors (Lipinski definition) is 0. The van der Waals surface area contributed by atoms with Crippen LogP contribution < -0.4 is 0 Å². The first-order valence-electron chi connectivity index (χ1n) is 7.12. The van der Waals surface area contributed by atoms with Gasteiger partial charge in [0.25, 0.3) is 0 Å². The number of allylic oxidation sites excluding steroid dienone is 1. The molecule has 6 rings (SSSR count). The normalized spacial score (nSPS) is 88.3. The van der Waals surface area contributed by atoms with Crippen LogP contribution in [0, 0.1) is 60.1 Å². The van der Waals surface area contributed by atoms with Gasteiger partial charge < -0.3 is 0 Å². The standard InChI is InChI=1S/C12H13/c1-3-5-9-7-4(2)8-11(9)6(3)12(8)10(5)7/h3,5-12H,1-2H2/q+1/t3?,5?,6?,7?,8?,9-,10?,11?,12?/m0/s1/i1D2,2D2. The second-order valence-electron chi connectivity index (χ2n) is 5.50. The zero-order valence-electron chi connectivity index (χ0n) is 10.7. The third kappa shape index (κ3) is 0.230. The highest BCUT2D eigenvalue weighted by molar-refractivity contribution is 5.45. The van der Waals surface area contributed by atoms with Crippen LogP contribution in [0.15, 0.2) is 12.1 Å². The Morgan fingerprint density at radius 2 is 1.67 bits per heavy atom. The number of rotatable bonds is 1. The predicted molar refractivity (Wildman–Crippen MR) is 45.9 cm³/mol. The van der Waals surface area contributed by atoms with Gasteiger partial charge in [-0.2, -0.15) is 0 Å². The van der Waals surface area contributed by atoms with Gasteiger partial charge in [0.1, 0.15) is 5.92 Å². The summed E-state index contributed by atoms with van der Waals surface area (Å²) in [6, 6.07) is 0. The molecule has 0 aliphatic heterocycles. The van der Waals surface area contributed by atoms with Crippen molar-refractivity contribution in [1.29, 1.82) is 0 Å². The van der Waals surface area contributed by atoms with E-state index in [4.69, 9.17) is 5.48 Å². The third-order valence-corrected chi connectivity index (χ3v) is 5.87. The second kappa shape index (κ2) is 1.12. The minimum atomic E-state index is 0.0892. The summed E-state index contributed by atoms with van der Waals surface area (Å²) in [5.41, 5.74) is 1.16. The SMILES string of the molecule is [2H]C([2H])=C1C2C3C4C([C+]([2H])[2H])C5C3C1[C@H]5C24. The van der Waals surface area contributed by atoms with Crippen LogP contribution in [0.3, 0.4) is 0 Å². The van der Waals surface area contributed by atoms with Crippen molar-refractivity contribution in [2.45, 2.75) is 0 Å². The molecule has 0 nitrogen and oxygen atoms in total. The van der Waals surface area contributed by atoms with E-state index < -0.39 is 0 Å². The van der Waals surface area contributed by atoms with Crippen molar-refractivity contribution in [1.82, 2.24) is 0 Å². The lowest BCUT2D eigenvalue weighted by molar-refractivity contribution is -0.127. The lowest BCUT2D eigenvalue weighted by Crippen LogP contribution is -2.56. The molecule has 0 aromatic heterocycles. The summed E-state index contributed by atoms with van der Waals surface area (Å²) in [6.07, 6.45) is 0. The topological polar surface area (TPSA) is 0 Å². The van der Waals surface area contributed by atoms with Gasteiger partial charge in [-0.15, -0.1) is 0 Å². The average Bonchev–Trinajstić information content (AvgIpc) is 2.69. The van der Waals surface area contributed by atoms with Gasteiger partial charge in [0.05, 0.1) is 9.62 Å². The van der Waals surface area contributed by atoms with Crippen LogP contribution in [0.5, 0.6) is 0 Å². The van der Waals surface area contributed by atoms with Crippen LogP contribution in [0.25, 0.3) is 0 Å². The summed E-state index contributed by atoms with van der Waals surface area (Å²) >= 11 is 0. The molecule has 6 fully saturated rings. The molecule has 9 atom stereocenters. The molecule has 12 heavy (non-hydrogen) atoms. The molecular weight excluding hydrogens is 144 g/mol. The fourth-order valence-corrected chi connectivity index (χ4v) is 5.94. The second-order valence-corrected chi connectivity index (χ2v) is 5.50. The van der Waals surface area contributed by atoms with Crippen LogP contribution >= 0.6 is 0 Å². The molecule has 0 heteroatoms. The summed E-state index contributed by atoms with van der Waals surface area (Å²) in [5, 5.41) is 0. The van der Waals surface area contributed by atoms with E-state index in [9.17, 15) is 0 Å². The van der Waals surface area contributed by atoms with E-state index in [1.807, 2.05) is 0 Å². The van der Waals surface area contributed by atoms with E-state index >= 15 is 0 Å². The molecule has 8 unspecified atom stereocenters. The molecule has 4 bridgehead atoms. The molecular formula is C12H13+. The van der Waals surface area contributed by atoms with Gasteiger partial charge in [-0.1, -0.05) is 12.1 Å². The Hall–Kier alpha value is -0.390. The lowest BCUT2D eigenvalue weighted by Gasteiger charge is -2.58. The van der Waals surface area contributed by atoms with Crippen molar-refractivity contribution in [3.8, 4) is 0 Å². The minimum Gasteiger partial charge on any atom is -0.0993 e. The van der Waals surface area contributed by atoms with Gasteiger partial charge in [0, 0.05) is 11.8 Å². The fourth-order valence-electron chi connectivity index (χ4n) is 5.94. The van der Waals surface area contributed by atoms with E-state index in [0.29, 0.717) is 47.3 Å². The Balaban J connectivity index is 1.64. The van der Waals surface area contributed by atoms with Gasteiger partial charge in [-0.05, 0) is 35.5 Å². The maximum atomic E-state index is 7.61. The Morgan fingerprint density at radius 3 is 2.08 bits per heavy atom. The molecule has 0 N–H and O–H groups in total. The lowest BCUT2D eigenvalue weighted by atomic mass is 9.45. The monoisotopic (exact) mass is 161 g/mol. The smallest absolute Gasteiger partial charge is 0.0993 e. The van der Waals surface area contributed by atoms with Crippen LogP contribution in [-0.4, -0.2) is 0 Å². The highest BCUT2D eigenvalue weighted by atomic mass is 14.9. The van der Waals surface area contributed by atoms with Crippen molar-refractivity contribution < 1.29 is 5.48 Å². The Labute approximate surface area is 78.7 Å². The van der Waals surface area contributed by atoms with E-state index in [-0.39, 0.29) is 19.3 Å². The van der Waals surface area contributed by atoms with Gasteiger partial charge in [0.15, 0.2) is 0 Å². The molecule has 0 saturated heterocycles. The minimum absolute atomic E-state index is 0.0892. The van der Waals surface area contributed by atoms with Crippen molar-refractivity contribution in [2.75, 3.05) is 0 Å². The summed E-state index contributed by atoms with van der Waals surface area (Å²) in [6.45, 7) is 0.252. The first-order chi connectivity index (χ1) is 7.64. The zero-order chi connectivity index (χ0) is 10.9. The summed E-state index contributed by atoms with van der Waals surface area (Å²) < 4.78 is 30.4. The summed E-state index contributed by atoms with van der Waals surface area (Å²) in [4.78, 5) is 0. The fraction of sp³-hybridized carbons (Fsp3) is 0.750. The van der Waals surface area contributed by atoms with Crippen LogP contribution in [-0.2, 0) is 0 Å². The largest absolute Gasteiger partial charge is 0.321 e. The molecule has 6 saturated carbocycles. The van der Waals surface area contributed by atoms with Gasteiger partial charge in [-0.3, -0.25) is 0 Å². The average molecular weight is 161 g/mol. The van der Waals surface area contributed by atoms with Crippen molar-refractivity contribution in [3.05, 3.63) is 19.0 Å². The zero-order valence-corrected chi connectivity index (χ0v) is 6.70. The third-order valence-electron chi connectivity index (χ3n) is 5.87. The Bertz CT molecular complexity index is 388. The summed E-state index contributed by atoms with van der Waals surface area (Å²) in [5.74, 6) is 5.21. The molecule has 6 aliphatic carbocycles. The molecule has 0 aromatic rings. The van der Waals surface area contributed by atoms with E-state index in [2.05, 4.69) is 0 Å². The first kappa shape index (κ1) is 3.40. The molecule has 0 radical (unpaired) electrons. The summed E-state index contributed by atoms with van der Waals surface area (Å²) in [7, 11) is 0. The van der Waals surface area contributed by atoms with E-state index in [1.165, 1.54) is 0 Å². The van der Waals surface area contributed by atoms with E-state index in [0.717, 1.165) is 5.57 Å². The predicted octanol–water partition coefficient (Wildman–Crippen LogP) is 1.99. The van der Waals surface area contributed by atoms with Crippen LogP contribution in [0.4, 0.5) is 0 Å².